The Morgan fingerprint density at radius 2 is 1.19 bits per heavy atom. The standard InChI is InChI=1S/C19H32O5.H2O2/c1-17(2)19-7-5-4-6-18(19)16-24-15-14-23-13-12-22-11-10-21-9-8-20-3;1-2/h4-7,17H,8-16H2,1-3H3;1-2H. The molecule has 0 aliphatic rings. The maximum Gasteiger partial charge on any atom is 0.0720 e. The van der Waals surface area contributed by atoms with Gasteiger partial charge >= 0.3 is 0 Å². The highest BCUT2D eigenvalue weighted by atomic mass is 17.0. The second-order valence-electron chi connectivity index (χ2n) is 5.74. The lowest BCUT2D eigenvalue weighted by Gasteiger charge is -2.13. The predicted octanol–water partition coefficient (Wildman–Crippen LogP) is 3.04. The first kappa shape index (κ1) is 24.9. The van der Waals surface area contributed by atoms with Gasteiger partial charge in [0.05, 0.1) is 59.5 Å². The van der Waals surface area contributed by atoms with E-state index in [0.717, 1.165) is 0 Å². The second kappa shape index (κ2) is 18.7. The van der Waals surface area contributed by atoms with Crippen molar-refractivity contribution in [2.75, 3.05) is 60.0 Å². The minimum absolute atomic E-state index is 0.511. The average Bonchev–Trinajstić information content (AvgIpc) is 2.67. The largest absolute Gasteiger partial charge is 0.382 e. The lowest BCUT2D eigenvalue weighted by Crippen LogP contribution is -2.13. The minimum atomic E-state index is 0.511. The zero-order valence-electron chi connectivity index (χ0n) is 16.2. The summed E-state index contributed by atoms with van der Waals surface area (Å²) in [4.78, 5) is 0. The summed E-state index contributed by atoms with van der Waals surface area (Å²) < 4.78 is 26.8. The normalized spacial score (nSPS) is 10.7. The first-order valence-electron chi connectivity index (χ1n) is 8.83. The lowest BCUT2D eigenvalue weighted by molar-refractivity contribution is -0.176. The fraction of sp³-hybridized carbons (Fsp3) is 0.684. The molecule has 26 heavy (non-hydrogen) atoms. The number of methoxy groups -OCH3 is 1. The van der Waals surface area contributed by atoms with E-state index in [1.165, 1.54) is 11.1 Å². The maximum atomic E-state index is 6.00. The van der Waals surface area contributed by atoms with E-state index in [0.29, 0.717) is 65.4 Å². The van der Waals surface area contributed by atoms with E-state index in [9.17, 15) is 0 Å². The van der Waals surface area contributed by atoms with Crippen molar-refractivity contribution in [1.82, 2.24) is 0 Å². The number of ether oxygens (including phenoxy) is 5. The van der Waals surface area contributed by atoms with Gasteiger partial charge < -0.3 is 23.7 Å². The van der Waals surface area contributed by atoms with Crippen molar-refractivity contribution >= 4 is 0 Å². The van der Waals surface area contributed by atoms with Crippen LogP contribution in [0.5, 0.6) is 0 Å². The Morgan fingerprint density at radius 3 is 1.69 bits per heavy atom. The van der Waals surface area contributed by atoms with Crippen molar-refractivity contribution < 1.29 is 34.2 Å². The molecule has 0 amide bonds. The monoisotopic (exact) mass is 374 g/mol. The highest BCUT2D eigenvalue weighted by Crippen LogP contribution is 2.19. The molecule has 0 aliphatic heterocycles. The highest BCUT2D eigenvalue weighted by molar-refractivity contribution is 5.28. The third-order valence-electron chi connectivity index (χ3n) is 3.48. The third kappa shape index (κ3) is 13.2. The van der Waals surface area contributed by atoms with E-state index in [1.807, 2.05) is 0 Å². The van der Waals surface area contributed by atoms with Gasteiger partial charge in [0.1, 0.15) is 0 Å². The van der Waals surface area contributed by atoms with Crippen molar-refractivity contribution in [3.8, 4) is 0 Å². The lowest BCUT2D eigenvalue weighted by atomic mass is 9.98. The van der Waals surface area contributed by atoms with Crippen LogP contribution < -0.4 is 0 Å². The van der Waals surface area contributed by atoms with Crippen LogP contribution >= 0.6 is 0 Å². The van der Waals surface area contributed by atoms with E-state index in [4.69, 9.17) is 34.2 Å². The van der Waals surface area contributed by atoms with Crippen LogP contribution in [0.1, 0.15) is 30.9 Å². The fourth-order valence-corrected chi connectivity index (χ4v) is 2.21. The summed E-state index contributed by atoms with van der Waals surface area (Å²) >= 11 is 0. The number of hydrogen-bond acceptors (Lipinski definition) is 7. The van der Waals surface area contributed by atoms with Crippen LogP contribution in [0.3, 0.4) is 0 Å². The summed E-state index contributed by atoms with van der Waals surface area (Å²) in [5, 5.41) is 12.0. The summed E-state index contributed by atoms with van der Waals surface area (Å²) in [6, 6.07) is 8.41. The Balaban J connectivity index is 0.00000301. The van der Waals surface area contributed by atoms with Gasteiger partial charge in [-0.2, -0.15) is 0 Å². The summed E-state index contributed by atoms with van der Waals surface area (Å²) in [6.45, 7) is 9.73. The molecular formula is C19H34O7. The molecule has 0 radical (unpaired) electrons. The first-order chi connectivity index (χ1) is 12.8. The summed E-state index contributed by atoms with van der Waals surface area (Å²) in [5.74, 6) is 0.511. The molecule has 1 aromatic rings. The van der Waals surface area contributed by atoms with E-state index in [1.54, 1.807) is 7.11 Å². The van der Waals surface area contributed by atoms with E-state index in [2.05, 4.69) is 38.1 Å². The summed E-state index contributed by atoms with van der Waals surface area (Å²) in [7, 11) is 1.66. The van der Waals surface area contributed by atoms with Crippen LogP contribution in [-0.2, 0) is 30.3 Å². The Labute approximate surface area is 156 Å². The van der Waals surface area contributed by atoms with Gasteiger partial charge in [-0.1, -0.05) is 38.1 Å². The molecule has 0 saturated carbocycles. The molecule has 0 aliphatic carbocycles. The molecule has 152 valence electrons. The molecule has 0 unspecified atom stereocenters. The van der Waals surface area contributed by atoms with Crippen LogP contribution in [0.2, 0.25) is 0 Å². The van der Waals surface area contributed by atoms with Crippen molar-refractivity contribution in [3.05, 3.63) is 35.4 Å². The van der Waals surface area contributed by atoms with Crippen molar-refractivity contribution in [1.29, 1.82) is 0 Å². The van der Waals surface area contributed by atoms with Crippen LogP contribution in [0, 0.1) is 0 Å². The molecule has 7 heteroatoms. The summed E-state index contributed by atoms with van der Waals surface area (Å²) in [5.41, 5.74) is 2.60. The van der Waals surface area contributed by atoms with E-state index in [-0.39, 0.29) is 0 Å². The molecule has 7 nitrogen and oxygen atoms in total. The van der Waals surface area contributed by atoms with E-state index >= 15 is 0 Å². The molecule has 0 aromatic heterocycles. The minimum Gasteiger partial charge on any atom is -0.382 e. The van der Waals surface area contributed by atoms with Gasteiger partial charge in [-0.05, 0) is 17.0 Å². The zero-order valence-corrected chi connectivity index (χ0v) is 16.2. The second-order valence-corrected chi connectivity index (χ2v) is 5.74. The molecule has 1 aromatic carbocycles. The quantitative estimate of drug-likeness (QED) is 0.277. The molecule has 0 spiro atoms. The molecule has 1 rings (SSSR count). The molecule has 0 heterocycles. The Kier molecular flexibility index (Phi) is 18.0. The smallest absolute Gasteiger partial charge is 0.0720 e. The fourth-order valence-electron chi connectivity index (χ4n) is 2.21. The van der Waals surface area contributed by atoms with Gasteiger partial charge in [-0.25, -0.2) is 0 Å². The summed E-state index contributed by atoms with van der Waals surface area (Å²) in [6.07, 6.45) is 0. The molecule has 0 bridgehead atoms. The van der Waals surface area contributed by atoms with Gasteiger partial charge in [0.15, 0.2) is 0 Å². The molecule has 0 atom stereocenters. The van der Waals surface area contributed by atoms with Gasteiger partial charge in [-0.3, -0.25) is 10.5 Å². The van der Waals surface area contributed by atoms with Crippen molar-refractivity contribution in [2.45, 2.75) is 26.4 Å². The van der Waals surface area contributed by atoms with Gasteiger partial charge in [0, 0.05) is 7.11 Å². The zero-order chi connectivity index (χ0) is 19.5. The average molecular weight is 374 g/mol. The van der Waals surface area contributed by atoms with Crippen LogP contribution in [0.4, 0.5) is 0 Å². The molecular weight excluding hydrogens is 340 g/mol. The van der Waals surface area contributed by atoms with Crippen molar-refractivity contribution in [3.63, 3.8) is 0 Å². The molecule has 0 saturated heterocycles. The maximum absolute atomic E-state index is 6.00. The third-order valence-corrected chi connectivity index (χ3v) is 3.48. The molecule has 0 fully saturated rings. The van der Waals surface area contributed by atoms with Crippen LogP contribution in [-0.4, -0.2) is 70.5 Å². The number of rotatable bonds is 15. The Hall–Kier alpha value is -1.06. The number of benzene rings is 1. The Bertz CT molecular complexity index is 413. The van der Waals surface area contributed by atoms with Gasteiger partial charge in [0.2, 0.25) is 0 Å². The van der Waals surface area contributed by atoms with Gasteiger partial charge in [0.25, 0.3) is 0 Å². The SMILES string of the molecule is COCCOCCOCCOCCOCc1ccccc1C(C)C.OO. The highest BCUT2D eigenvalue weighted by Gasteiger charge is 2.05. The van der Waals surface area contributed by atoms with Gasteiger partial charge in [-0.15, -0.1) is 0 Å². The van der Waals surface area contributed by atoms with E-state index < -0.39 is 0 Å². The predicted molar refractivity (Wildman–Crippen MR) is 99.8 cm³/mol. The molecule has 2 N–H and O–H groups in total. The van der Waals surface area contributed by atoms with Crippen LogP contribution in [0.15, 0.2) is 24.3 Å². The Morgan fingerprint density at radius 1 is 0.731 bits per heavy atom. The number of hydrogen-bond donors (Lipinski definition) is 2. The first-order valence-corrected chi connectivity index (χ1v) is 8.83. The van der Waals surface area contributed by atoms with Crippen LogP contribution in [0.25, 0.3) is 0 Å². The topological polar surface area (TPSA) is 86.6 Å². The van der Waals surface area contributed by atoms with Crippen molar-refractivity contribution in [2.24, 2.45) is 0 Å².